The fourth-order valence-electron chi connectivity index (χ4n) is 2.10. The Hall–Kier alpha value is -3.16. The van der Waals surface area contributed by atoms with Crippen LogP contribution in [0.5, 0.6) is 5.75 Å². The minimum absolute atomic E-state index is 0.240. The Bertz CT molecular complexity index is 716. The van der Waals surface area contributed by atoms with Gasteiger partial charge in [0.15, 0.2) is 0 Å². The number of nitrogens with zero attached hydrogens (tertiary/aromatic N) is 2. The zero-order valence-electron chi connectivity index (χ0n) is 12.4. The Morgan fingerprint density at radius 3 is 2.30 bits per heavy atom. The van der Waals surface area contributed by atoms with Crippen LogP contribution in [0.4, 0.5) is 17.1 Å². The number of hydrogen-bond donors (Lipinski definition) is 1. The molecule has 0 fully saturated rings. The summed E-state index contributed by atoms with van der Waals surface area (Å²) in [7, 11) is 1.58. The van der Waals surface area contributed by atoms with Gasteiger partial charge in [0.2, 0.25) is 0 Å². The first kappa shape index (κ1) is 16.2. The van der Waals surface area contributed by atoms with E-state index in [-0.39, 0.29) is 11.4 Å². The lowest BCUT2D eigenvalue weighted by atomic mass is 10.1. The molecule has 0 saturated carbocycles. The largest absolute Gasteiger partial charge is 0.497 e. The highest BCUT2D eigenvalue weighted by molar-refractivity contribution is 5.50. The second kappa shape index (κ2) is 7.21. The maximum atomic E-state index is 11.0. The van der Waals surface area contributed by atoms with Gasteiger partial charge in [-0.25, -0.2) is 0 Å². The first-order chi connectivity index (χ1) is 11.0. The highest BCUT2D eigenvalue weighted by Crippen LogP contribution is 2.25. The number of hydrogen-bond acceptors (Lipinski definition) is 6. The number of benzene rings is 2. The zero-order chi connectivity index (χ0) is 16.8. The van der Waals surface area contributed by atoms with Gasteiger partial charge in [-0.2, -0.15) is 0 Å². The van der Waals surface area contributed by atoms with Crippen molar-refractivity contribution in [1.29, 1.82) is 0 Å². The first-order valence-electron chi connectivity index (χ1n) is 6.81. The van der Waals surface area contributed by atoms with Crippen LogP contribution < -0.4 is 10.1 Å². The van der Waals surface area contributed by atoms with Crippen LogP contribution in [-0.4, -0.2) is 23.5 Å². The van der Waals surface area contributed by atoms with E-state index in [1.165, 1.54) is 12.1 Å². The monoisotopic (exact) mass is 317 g/mol. The molecule has 2 aromatic rings. The molecule has 0 aliphatic rings. The molecule has 0 saturated heterocycles. The topological polar surface area (TPSA) is 108 Å². The summed E-state index contributed by atoms with van der Waals surface area (Å²) in [5.41, 5.74) is 0.774. The van der Waals surface area contributed by atoms with Gasteiger partial charge in [0, 0.05) is 23.9 Å². The van der Waals surface area contributed by atoms with Gasteiger partial charge < -0.3 is 10.1 Å². The molecule has 8 nitrogen and oxygen atoms in total. The number of non-ortho nitro benzene ring substituents is 1. The number of ether oxygens (including phenoxy) is 1. The van der Waals surface area contributed by atoms with E-state index in [0.29, 0.717) is 18.5 Å². The van der Waals surface area contributed by atoms with E-state index in [2.05, 4.69) is 5.32 Å². The highest BCUT2D eigenvalue weighted by atomic mass is 16.6. The van der Waals surface area contributed by atoms with E-state index < -0.39 is 9.85 Å². The molecule has 0 amide bonds. The summed E-state index contributed by atoms with van der Waals surface area (Å²) in [4.78, 5) is 20.5. The lowest BCUT2D eigenvalue weighted by Gasteiger charge is -2.08. The van der Waals surface area contributed by atoms with Crippen molar-refractivity contribution in [2.45, 2.75) is 6.42 Å². The molecule has 2 rings (SSSR count). The van der Waals surface area contributed by atoms with Crippen molar-refractivity contribution >= 4 is 17.1 Å². The Balaban J connectivity index is 2.04. The van der Waals surface area contributed by atoms with Crippen LogP contribution in [0.1, 0.15) is 5.56 Å². The van der Waals surface area contributed by atoms with Crippen molar-refractivity contribution in [2.75, 3.05) is 19.0 Å². The molecule has 0 aromatic heterocycles. The average Bonchev–Trinajstić information content (AvgIpc) is 2.55. The van der Waals surface area contributed by atoms with E-state index in [1.807, 2.05) is 12.1 Å². The molecule has 0 radical (unpaired) electrons. The van der Waals surface area contributed by atoms with Gasteiger partial charge in [0.1, 0.15) is 5.75 Å². The van der Waals surface area contributed by atoms with Crippen molar-refractivity contribution in [2.24, 2.45) is 0 Å². The molecule has 0 bridgehead atoms. The quantitative estimate of drug-likeness (QED) is 0.620. The third-order valence-corrected chi connectivity index (χ3v) is 3.29. The van der Waals surface area contributed by atoms with Crippen molar-refractivity contribution in [3.05, 3.63) is 68.3 Å². The molecule has 120 valence electrons. The summed E-state index contributed by atoms with van der Waals surface area (Å²) in [6, 6.07) is 11.0. The molecule has 0 aliphatic heterocycles. The van der Waals surface area contributed by atoms with Gasteiger partial charge in [-0.05, 0) is 36.8 Å². The second-order valence-electron chi connectivity index (χ2n) is 4.73. The van der Waals surface area contributed by atoms with Gasteiger partial charge in [-0.1, -0.05) is 0 Å². The third kappa shape index (κ3) is 4.16. The van der Waals surface area contributed by atoms with E-state index in [9.17, 15) is 20.2 Å². The van der Waals surface area contributed by atoms with Crippen LogP contribution in [0.15, 0.2) is 42.5 Å². The fourth-order valence-corrected chi connectivity index (χ4v) is 2.10. The number of nitro benzene ring substituents is 2. The lowest BCUT2D eigenvalue weighted by Crippen LogP contribution is -2.07. The van der Waals surface area contributed by atoms with Crippen LogP contribution >= 0.6 is 0 Å². The Kier molecular flexibility index (Phi) is 5.08. The Morgan fingerprint density at radius 1 is 1.04 bits per heavy atom. The SMILES string of the molecule is COc1ccc(NCCc2ccc([N+](=O)[O-])cc2[N+](=O)[O-])cc1. The van der Waals surface area contributed by atoms with E-state index in [4.69, 9.17) is 4.74 Å². The summed E-state index contributed by atoms with van der Waals surface area (Å²) in [5.74, 6) is 0.738. The zero-order valence-corrected chi connectivity index (χ0v) is 12.4. The molecule has 8 heteroatoms. The molecule has 2 aromatic carbocycles. The van der Waals surface area contributed by atoms with E-state index >= 15 is 0 Å². The Labute approximate surface area is 132 Å². The second-order valence-corrected chi connectivity index (χ2v) is 4.73. The van der Waals surface area contributed by atoms with E-state index in [1.54, 1.807) is 19.2 Å². The van der Waals surface area contributed by atoms with Gasteiger partial charge in [-0.15, -0.1) is 0 Å². The van der Waals surface area contributed by atoms with Gasteiger partial charge in [-0.3, -0.25) is 20.2 Å². The number of anilines is 1. The predicted molar refractivity (Wildman–Crippen MR) is 84.9 cm³/mol. The summed E-state index contributed by atoms with van der Waals surface area (Å²) in [6.07, 6.45) is 0.375. The summed E-state index contributed by atoms with van der Waals surface area (Å²) in [6.45, 7) is 0.463. The smallest absolute Gasteiger partial charge is 0.279 e. The molecule has 1 N–H and O–H groups in total. The number of nitro groups is 2. The molecule has 0 aliphatic carbocycles. The van der Waals surface area contributed by atoms with Crippen LogP contribution in [-0.2, 0) is 6.42 Å². The number of methoxy groups -OCH3 is 1. The van der Waals surface area contributed by atoms with Crippen LogP contribution in [0.3, 0.4) is 0 Å². The van der Waals surface area contributed by atoms with E-state index in [0.717, 1.165) is 17.5 Å². The molecular formula is C15H15N3O5. The molecular weight excluding hydrogens is 302 g/mol. The van der Waals surface area contributed by atoms with Crippen LogP contribution in [0.25, 0.3) is 0 Å². The number of rotatable bonds is 7. The minimum Gasteiger partial charge on any atom is -0.497 e. The van der Waals surface area contributed by atoms with Crippen LogP contribution in [0, 0.1) is 20.2 Å². The summed E-state index contributed by atoms with van der Waals surface area (Å²) in [5, 5.41) is 24.9. The predicted octanol–water partition coefficient (Wildman–Crippen LogP) is 3.17. The first-order valence-corrected chi connectivity index (χ1v) is 6.81. The fraction of sp³-hybridized carbons (Fsp3) is 0.200. The third-order valence-electron chi connectivity index (χ3n) is 3.29. The van der Waals surface area contributed by atoms with Gasteiger partial charge in [0.05, 0.1) is 23.0 Å². The molecule has 0 spiro atoms. The highest BCUT2D eigenvalue weighted by Gasteiger charge is 2.18. The molecule has 0 heterocycles. The number of nitrogens with one attached hydrogen (secondary N) is 1. The molecule has 0 atom stereocenters. The minimum atomic E-state index is -0.646. The summed E-state index contributed by atoms with van der Waals surface area (Å²) < 4.78 is 5.06. The lowest BCUT2D eigenvalue weighted by molar-refractivity contribution is -0.394. The maximum Gasteiger partial charge on any atom is 0.279 e. The molecule has 23 heavy (non-hydrogen) atoms. The van der Waals surface area contributed by atoms with Gasteiger partial charge >= 0.3 is 0 Å². The Morgan fingerprint density at radius 2 is 1.74 bits per heavy atom. The van der Waals surface area contributed by atoms with Crippen LogP contribution in [0.2, 0.25) is 0 Å². The van der Waals surface area contributed by atoms with Crippen molar-refractivity contribution in [3.63, 3.8) is 0 Å². The molecule has 0 unspecified atom stereocenters. The normalized spacial score (nSPS) is 10.1. The standard InChI is InChI=1S/C15H15N3O5/c1-23-14-6-3-12(4-7-14)16-9-8-11-2-5-13(17(19)20)10-15(11)18(21)22/h2-7,10,16H,8-9H2,1H3. The average molecular weight is 317 g/mol. The van der Waals surface area contributed by atoms with Gasteiger partial charge in [0.25, 0.3) is 11.4 Å². The van der Waals surface area contributed by atoms with Crippen molar-refractivity contribution in [1.82, 2.24) is 0 Å². The van der Waals surface area contributed by atoms with Crippen molar-refractivity contribution in [3.8, 4) is 5.75 Å². The van der Waals surface area contributed by atoms with Crippen molar-refractivity contribution < 1.29 is 14.6 Å². The summed E-state index contributed by atoms with van der Waals surface area (Å²) >= 11 is 0. The maximum absolute atomic E-state index is 11.0.